The molecule has 0 saturated carbocycles. The lowest BCUT2D eigenvalue weighted by Gasteiger charge is -2.26. The predicted octanol–water partition coefficient (Wildman–Crippen LogP) is 3.56. The number of nitrogens with zero attached hydrogens (tertiary/aromatic N) is 1. The Bertz CT molecular complexity index is 1060. The molecule has 2 amide bonds. The van der Waals surface area contributed by atoms with E-state index >= 15 is 0 Å². The van der Waals surface area contributed by atoms with E-state index in [9.17, 15) is 18.0 Å². The summed E-state index contributed by atoms with van der Waals surface area (Å²) < 4.78 is 27.5. The van der Waals surface area contributed by atoms with Crippen LogP contribution in [0.25, 0.3) is 0 Å². The van der Waals surface area contributed by atoms with Crippen LogP contribution in [0, 0.1) is 6.92 Å². The van der Waals surface area contributed by atoms with Gasteiger partial charge in [-0.1, -0.05) is 25.5 Å². The van der Waals surface area contributed by atoms with Crippen molar-refractivity contribution in [3.8, 4) is 0 Å². The van der Waals surface area contributed by atoms with Gasteiger partial charge >= 0.3 is 0 Å². The SMILES string of the molecule is CCCNC(=O)c1cccc(NC(=O)c2cc(S(=O)(=O)N3CCCCC3)ccc2C)c1. The third-order valence-electron chi connectivity index (χ3n) is 5.32. The minimum absolute atomic E-state index is 0.123. The van der Waals surface area contributed by atoms with Crippen molar-refractivity contribution in [3.05, 3.63) is 59.2 Å². The smallest absolute Gasteiger partial charge is 0.255 e. The van der Waals surface area contributed by atoms with Gasteiger partial charge in [-0.2, -0.15) is 4.31 Å². The van der Waals surface area contributed by atoms with Crippen molar-refractivity contribution in [2.24, 2.45) is 0 Å². The number of sulfonamides is 1. The maximum Gasteiger partial charge on any atom is 0.255 e. The van der Waals surface area contributed by atoms with Gasteiger partial charge in [0.2, 0.25) is 10.0 Å². The molecule has 0 aliphatic carbocycles. The van der Waals surface area contributed by atoms with E-state index in [4.69, 9.17) is 0 Å². The number of carbonyl (C=O) groups is 2. The Hall–Kier alpha value is -2.71. The third kappa shape index (κ3) is 5.51. The number of hydrogen-bond acceptors (Lipinski definition) is 4. The third-order valence-corrected chi connectivity index (χ3v) is 7.22. The van der Waals surface area contributed by atoms with Crippen LogP contribution in [0.15, 0.2) is 47.4 Å². The summed E-state index contributed by atoms with van der Waals surface area (Å²) in [7, 11) is -3.63. The molecule has 2 aromatic carbocycles. The summed E-state index contributed by atoms with van der Waals surface area (Å²) in [5, 5.41) is 5.58. The van der Waals surface area contributed by atoms with Crippen molar-refractivity contribution in [1.82, 2.24) is 9.62 Å². The van der Waals surface area contributed by atoms with Crippen LogP contribution in [0.3, 0.4) is 0 Å². The molecule has 1 aliphatic heterocycles. The molecule has 0 bridgehead atoms. The summed E-state index contributed by atoms with van der Waals surface area (Å²) in [6.45, 7) is 5.32. The highest BCUT2D eigenvalue weighted by Crippen LogP contribution is 2.23. The molecule has 0 radical (unpaired) electrons. The van der Waals surface area contributed by atoms with Crippen LogP contribution in [0.1, 0.15) is 58.9 Å². The summed E-state index contributed by atoms with van der Waals surface area (Å²) >= 11 is 0. The van der Waals surface area contributed by atoms with Crippen molar-refractivity contribution in [1.29, 1.82) is 0 Å². The number of piperidine rings is 1. The number of nitrogens with one attached hydrogen (secondary N) is 2. The van der Waals surface area contributed by atoms with E-state index in [1.165, 1.54) is 10.4 Å². The van der Waals surface area contributed by atoms with Crippen LogP contribution in [-0.2, 0) is 10.0 Å². The average molecular weight is 444 g/mol. The van der Waals surface area contributed by atoms with Gasteiger partial charge in [-0.3, -0.25) is 9.59 Å². The van der Waals surface area contributed by atoms with E-state index < -0.39 is 15.9 Å². The summed E-state index contributed by atoms with van der Waals surface area (Å²) in [5.74, 6) is -0.622. The Labute approximate surface area is 183 Å². The van der Waals surface area contributed by atoms with Crippen molar-refractivity contribution in [2.45, 2.75) is 44.4 Å². The second-order valence-electron chi connectivity index (χ2n) is 7.73. The standard InChI is InChI=1S/C23H29N3O4S/c1-3-12-24-22(27)18-8-7-9-19(15-18)25-23(28)21-16-20(11-10-17(21)2)31(29,30)26-13-5-4-6-14-26/h7-11,15-16H,3-6,12-14H2,1-2H3,(H,24,27)(H,25,28). The predicted molar refractivity (Wildman–Crippen MR) is 121 cm³/mol. The average Bonchev–Trinajstić information content (AvgIpc) is 2.78. The molecule has 0 unspecified atom stereocenters. The highest BCUT2D eigenvalue weighted by Gasteiger charge is 2.27. The lowest BCUT2D eigenvalue weighted by molar-refractivity contribution is 0.0952. The number of hydrogen-bond donors (Lipinski definition) is 2. The van der Waals surface area contributed by atoms with Crippen molar-refractivity contribution in [2.75, 3.05) is 25.0 Å². The van der Waals surface area contributed by atoms with Crippen LogP contribution < -0.4 is 10.6 Å². The van der Waals surface area contributed by atoms with E-state index in [0.29, 0.717) is 42.0 Å². The van der Waals surface area contributed by atoms with Gasteiger partial charge < -0.3 is 10.6 Å². The Morgan fingerprint density at radius 2 is 1.74 bits per heavy atom. The molecule has 1 saturated heterocycles. The maximum absolute atomic E-state index is 13.0. The summed E-state index contributed by atoms with van der Waals surface area (Å²) in [4.78, 5) is 25.2. The van der Waals surface area contributed by atoms with Gasteiger partial charge in [-0.05, 0) is 62.1 Å². The first kappa shape index (κ1) is 23.0. The largest absolute Gasteiger partial charge is 0.352 e. The first-order valence-electron chi connectivity index (χ1n) is 10.6. The van der Waals surface area contributed by atoms with Crippen molar-refractivity contribution >= 4 is 27.5 Å². The fourth-order valence-electron chi connectivity index (χ4n) is 3.54. The Kier molecular flexibility index (Phi) is 7.46. The number of aryl methyl sites for hydroxylation is 1. The zero-order valence-electron chi connectivity index (χ0n) is 18.0. The summed E-state index contributed by atoms with van der Waals surface area (Å²) in [5.41, 5.74) is 1.88. The second kappa shape index (κ2) is 10.1. The van der Waals surface area contributed by atoms with E-state index in [-0.39, 0.29) is 10.8 Å². The lowest BCUT2D eigenvalue weighted by atomic mass is 10.1. The van der Waals surface area contributed by atoms with E-state index in [2.05, 4.69) is 10.6 Å². The number of benzene rings is 2. The molecular weight excluding hydrogens is 414 g/mol. The van der Waals surface area contributed by atoms with E-state index in [0.717, 1.165) is 25.7 Å². The van der Waals surface area contributed by atoms with Gasteiger partial charge in [0.1, 0.15) is 0 Å². The molecule has 1 aliphatic rings. The van der Waals surface area contributed by atoms with Gasteiger partial charge in [-0.25, -0.2) is 8.42 Å². The fraction of sp³-hybridized carbons (Fsp3) is 0.391. The molecule has 1 heterocycles. The molecule has 166 valence electrons. The Balaban J connectivity index is 1.81. The topological polar surface area (TPSA) is 95.6 Å². The minimum atomic E-state index is -3.63. The molecule has 1 fully saturated rings. The second-order valence-corrected chi connectivity index (χ2v) is 9.67. The van der Waals surface area contributed by atoms with Crippen LogP contribution in [0.5, 0.6) is 0 Å². The molecule has 8 heteroatoms. The van der Waals surface area contributed by atoms with Gasteiger partial charge in [0.25, 0.3) is 11.8 Å². The fourth-order valence-corrected chi connectivity index (χ4v) is 5.08. The number of anilines is 1. The molecule has 0 spiro atoms. The molecular formula is C23H29N3O4S. The molecule has 0 atom stereocenters. The Morgan fingerprint density at radius 1 is 1.00 bits per heavy atom. The van der Waals surface area contributed by atoms with Gasteiger partial charge in [0.05, 0.1) is 4.90 Å². The zero-order chi connectivity index (χ0) is 22.4. The minimum Gasteiger partial charge on any atom is -0.352 e. The van der Waals surface area contributed by atoms with E-state index in [1.807, 2.05) is 6.92 Å². The van der Waals surface area contributed by atoms with Crippen molar-refractivity contribution in [3.63, 3.8) is 0 Å². The molecule has 7 nitrogen and oxygen atoms in total. The monoisotopic (exact) mass is 443 g/mol. The van der Waals surface area contributed by atoms with Crippen LogP contribution in [0.2, 0.25) is 0 Å². The molecule has 31 heavy (non-hydrogen) atoms. The normalized spacial score (nSPS) is 14.8. The highest BCUT2D eigenvalue weighted by atomic mass is 32.2. The molecule has 2 aromatic rings. The van der Waals surface area contributed by atoms with Crippen LogP contribution in [-0.4, -0.2) is 44.2 Å². The van der Waals surface area contributed by atoms with Crippen LogP contribution in [0.4, 0.5) is 5.69 Å². The van der Waals surface area contributed by atoms with Crippen molar-refractivity contribution < 1.29 is 18.0 Å². The Morgan fingerprint density at radius 3 is 2.45 bits per heavy atom. The maximum atomic E-state index is 13.0. The first-order chi connectivity index (χ1) is 14.8. The van der Waals surface area contributed by atoms with Gasteiger partial charge in [0.15, 0.2) is 0 Å². The summed E-state index contributed by atoms with van der Waals surface area (Å²) in [6, 6.07) is 11.3. The zero-order valence-corrected chi connectivity index (χ0v) is 18.8. The number of amides is 2. The highest BCUT2D eigenvalue weighted by molar-refractivity contribution is 7.89. The molecule has 2 N–H and O–H groups in total. The number of rotatable bonds is 7. The lowest BCUT2D eigenvalue weighted by Crippen LogP contribution is -2.35. The van der Waals surface area contributed by atoms with E-state index in [1.54, 1.807) is 43.3 Å². The van der Waals surface area contributed by atoms with Gasteiger partial charge in [-0.15, -0.1) is 0 Å². The molecule has 0 aromatic heterocycles. The van der Waals surface area contributed by atoms with Crippen LogP contribution >= 0.6 is 0 Å². The first-order valence-corrected chi connectivity index (χ1v) is 12.1. The quantitative estimate of drug-likeness (QED) is 0.684. The summed E-state index contributed by atoms with van der Waals surface area (Å²) in [6.07, 6.45) is 3.56. The number of carbonyl (C=O) groups excluding carboxylic acids is 2. The van der Waals surface area contributed by atoms with Gasteiger partial charge in [0, 0.05) is 36.4 Å². The molecule has 3 rings (SSSR count).